The van der Waals surface area contributed by atoms with Crippen LogP contribution < -0.4 is 0 Å². The van der Waals surface area contributed by atoms with Gasteiger partial charge in [0.25, 0.3) is 0 Å². The molecule has 0 aliphatic carbocycles. The summed E-state index contributed by atoms with van der Waals surface area (Å²) in [5.41, 5.74) is 3.66. The molecule has 2 rings (SSSR count). The Labute approximate surface area is 142 Å². The summed E-state index contributed by atoms with van der Waals surface area (Å²) in [7, 11) is 0. The van der Waals surface area contributed by atoms with Gasteiger partial charge in [0, 0.05) is 12.7 Å². The Kier molecular flexibility index (Phi) is 6.09. The Balaban J connectivity index is 2.22. The van der Waals surface area contributed by atoms with Crippen molar-refractivity contribution in [3.63, 3.8) is 0 Å². The van der Waals surface area contributed by atoms with Crippen LogP contribution in [0.1, 0.15) is 48.6 Å². The molecule has 0 saturated heterocycles. The van der Waals surface area contributed by atoms with Crippen LogP contribution in [-0.4, -0.2) is 31.2 Å². The fourth-order valence-electron chi connectivity index (χ4n) is 2.88. The van der Waals surface area contributed by atoms with E-state index in [4.69, 9.17) is 0 Å². The number of aliphatic hydroxyl groups excluding tert-OH is 1. The number of nitrogens with zero attached hydrogens (tertiary/aromatic N) is 3. The molecular weight excluding hydrogens is 306 g/mol. The van der Waals surface area contributed by atoms with Gasteiger partial charge in [0.15, 0.2) is 0 Å². The molecule has 0 fully saturated rings. The zero-order valence-corrected chi connectivity index (χ0v) is 14.4. The average molecular weight is 331 g/mol. The number of aliphatic carboxylic acids is 1. The predicted molar refractivity (Wildman–Crippen MR) is 90.7 cm³/mol. The van der Waals surface area contributed by atoms with E-state index < -0.39 is 11.9 Å². The summed E-state index contributed by atoms with van der Waals surface area (Å²) in [6.07, 6.45) is 3.24. The summed E-state index contributed by atoms with van der Waals surface area (Å²) in [5, 5.41) is 27.1. The first kappa shape index (κ1) is 18.1. The normalized spacial score (nSPS) is 13.7. The third kappa shape index (κ3) is 4.20. The number of aromatic nitrogens is 3. The molecule has 2 atom stereocenters. The smallest absolute Gasteiger partial charge is 0.306 e. The number of rotatable bonds is 8. The predicted octanol–water partition coefficient (Wildman–Crippen LogP) is 2.54. The number of aliphatic hydroxyl groups is 1. The fourth-order valence-corrected chi connectivity index (χ4v) is 2.88. The fraction of sp³-hybridized carbons (Fsp3) is 0.500. The van der Waals surface area contributed by atoms with Crippen molar-refractivity contribution in [2.45, 2.75) is 52.7 Å². The Morgan fingerprint density at radius 1 is 1.38 bits per heavy atom. The Bertz CT molecular complexity index is 697. The van der Waals surface area contributed by atoms with Crippen molar-refractivity contribution in [1.29, 1.82) is 0 Å². The minimum atomic E-state index is -0.816. The first-order chi connectivity index (χ1) is 11.5. The highest BCUT2D eigenvalue weighted by Gasteiger charge is 2.25. The maximum Gasteiger partial charge on any atom is 0.306 e. The van der Waals surface area contributed by atoms with E-state index in [0.29, 0.717) is 12.8 Å². The van der Waals surface area contributed by atoms with E-state index in [1.54, 1.807) is 11.6 Å². The molecule has 0 aliphatic rings. The molecule has 0 radical (unpaired) electrons. The summed E-state index contributed by atoms with van der Waals surface area (Å²) in [5.74, 6) is -1.47. The monoisotopic (exact) mass is 331 g/mol. The van der Waals surface area contributed by atoms with E-state index in [1.165, 1.54) is 0 Å². The van der Waals surface area contributed by atoms with Gasteiger partial charge in [-0.2, -0.15) is 0 Å². The number of hydrogen-bond donors (Lipinski definition) is 2. The molecule has 0 saturated carbocycles. The van der Waals surface area contributed by atoms with Gasteiger partial charge in [-0.25, -0.2) is 0 Å². The van der Waals surface area contributed by atoms with Crippen molar-refractivity contribution in [3.05, 3.63) is 46.8 Å². The average Bonchev–Trinajstić information content (AvgIpc) is 3.04. The van der Waals surface area contributed by atoms with Gasteiger partial charge >= 0.3 is 5.97 Å². The maximum atomic E-state index is 11.5. The molecule has 1 aromatic heterocycles. The molecule has 0 aliphatic heterocycles. The molecule has 0 bridgehead atoms. The van der Waals surface area contributed by atoms with Crippen LogP contribution in [0.3, 0.4) is 0 Å². The molecule has 6 nitrogen and oxygen atoms in total. The molecule has 6 heteroatoms. The van der Waals surface area contributed by atoms with Gasteiger partial charge in [-0.1, -0.05) is 30.3 Å². The molecule has 1 heterocycles. The SMILES string of the molecule is CCn1cc(CCC(c2ccc(C)c(CO)c2)C(C)C(=O)O)nn1. The topological polar surface area (TPSA) is 88.2 Å². The number of carboxylic acids is 1. The van der Waals surface area contributed by atoms with Crippen LogP contribution in [0.5, 0.6) is 0 Å². The highest BCUT2D eigenvalue weighted by Crippen LogP contribution is 2.31. The van der Waals surface area contributed by atoms with Gasteiger partial charge in [-0.05, 0) is 49.3 Å². The van der Waals surface area contributed by atoms with Crippen molar-refractivity contribution < 1.29 is 15.0 Å². The Morgan fingerprint density at radius 3 is 2.71 bits per heavy atom. The van der Waals surface area contributed by atoms with E-state index in [1.807, 2.05) is 38.2 Å². The van der Waals surface area contributed by atoms with E-state index in [9.17, 15) is 15.0 Å². The van der Waals surface area contributed by atoms with Crippen LogP contribution in [0.25, 0.3) is 0 Å². The minimum absolute atomic E-state index is 0.0430. The third-order valence-electron chi connectivity index (χ3n) is 4.59. The Hall–Kier alpha value is -2.21. The largest absolute Gasteiger partial charge is 0.481 e. The summed E-state index contributed by atoms with van der Waals surface area (Å²) in [4.78, 5) is 11.5. The molecule has 24 heavy (non-hydrogen) atoms. The number of carbonyl (C=O) groups is 1. The number of hydrogen-bond acceptors (Lipinski definition) is 4. The van der Waals surface area contributed by atoms with Crippen molar-refractivity contribution in [3.8, 4) is 0 Å². The molecule has 0 spiro atoms. The second kappa shape index (κ2) is 8.06. The number of benzene rings is 1. The molecule has 2 aromatic rings. The lowest BCUT2D eigenvalue weighted by molar-refractivity contribution is -0.142. The van der Waals surface area contributed by atoms with Crippen molar-refractivity contribution >= 4 is 5.97 Å². The lowest BCUT2D eigenvalue weighted by atomic mass is 9.82. The number of aryl methyl sites for hydroxylation is 3. The van der Waals surface area contributed by atoms with Crippen LogP contribution in [0.4, 0.5) is 0 Å². The minimum Gasteiger partial charge on any atom is -0.481 e. The highest BCUT2D eigenvalue weighted by molar-refractivity contribution is 5.71. The molecule has 2 unspecified atom stereocenters. The van der Waals surface area contributed by atoms with Gasteiger partial charge in [0.2, 0.25) is 0 Å². The summed E-state index contributed by atoms with van der Waals surface area (Å²) in [6.45, 7) is 6.39. The molecular formula is C18H25N3O3. The molecule has 2 N–H and O–H groups in total. The molecule has 0 amide bonds. The van der Waals surface area contributed by atoms with Crippen molar-refractivity contribution in [1.82, 2.24) is 15.0 Å². The lowest BCUT2D eigenvalue weighted by Gasteiger charge is -2.22. The van der Waals surface area contributed by atoms with Crippen LogP contribution >= 0.6 is 0 Å². The maximum absolute atomic E-state index is 11.5. The zero-order chi connectivity index (χ0) is 17.7. The lowest BCUT2D eigenvalue weighted by Crippen LogP contribution is -2.20. The van der Waals surface area contributed by atoms with Crippen molar-refractivity contribution in [2.75, 3.05) is 0 Å². The third-order valence-corrected chi connectivity index (χ3v) is 4.59. The molecule has 1 aromatic carbocycles. The van der Waals surface area contributed by atoms with Gasteiger partial charge in [-0.3, -0.25) is 9.48 Å². The van der Waals surface area contributed by atoms with E-state index in [-0.39, 0.29) is 12.5 Å². The molecule has 130 valence electrons. The first-order valence-electron chi connectivity index (χ1n) is 8.28. The summed E-state index contributed by atoms with van der Waals surface area (Å²) >= 11 is 0. The van der Waals surface area contributed by atoms with Crippen LogP contribution in [0.15, 0.2) is 24.4 Å². The second-order valence-electron chi connectivity index (χ2n) is 6.18. The standard InChI is InChI=1S/C18H25N3O3/c1-4-21-10-16(19-20-21)7-8-17(13(3)18(23)24)14-6-5-12(2)15(9-14)11-22/h5-6,9-10,13,17,22H,4,7-8,11H2,1-3H3,(H,23,24). The Morgan fingerprint density at radius 2 is 2.12 bits per heavy atom. The quantitative estimate of drug-likeness (QED) is 0.776. The van der Waals surface area contributed by atoms with Crippen LogP contribution in [0.2, 0.25) is 0 Å². The van der Waals surface area contributed by atoms with Gasteiger partial charge in [0.05, 0.1) is 18.2 Å². The van der Waals surface area contributed by atoms with Crippen molar-refractivity contribution in [2.24, 2.45) is 5.92 Å². The van der Waals surface area contributed by atoms with Gasteiger partial charge in [-0.15, -0.1) is 5.10 Å². The zero-order valence-electron chi connectivity index (χ0n) is 14.4. The van der Waals surface area contributed by atoms with E-state index in [0.717, 1.165) is 28.9 Å². The second-order valence-corrected chi connectivity index (χ2v) is 6.18. The number of carboxylic acid groups (broad SMARTS) is 1. The van der Waals surface area contributed by atoms with E-state index >= 15 is 0 Å². The van der Waals surface area contributed by atoms with Crippen LogP contribution in [-0.2, 0) is 24.4 Å². The van der Waals surface area contributed by atoms with Gasteiger partial charge in [0.1, 0.15) is 0 Å². The highest BCUT2D eigenvalue weighted by atomic mass is 16.4. The summed E-state index contributed by atoms with van der Waals surface area (Å²) < 4.78 is 1.76. The van der Waals surface area contributed by atoms with Gasteiger partial charge < -0.3 is 10.2 Å². The summed E-state index contributed by atoms with van der Waals surface area (Å²) in [6, 6.07) is 5.82. The van der Waals surface area contributed by atoms with Crippen LogP contribution in [0, 0.1) is 12.8 Å². The van der Waals surface area contributed by atoms with E-state index in [2.05, 4.69) is 10.3 Å². The first-order valence-corrected chi connectivity index (χ1v) is 8.28.